The molecule has 12 heavy (non-hydrogen) atoms. The van der Waals surface area contributed by atoms with Crippen LogP contribution in [0, 0.1) is 0 Å². The van der Waals surface area contributed by atoms with Gasteiger partial charge in [-0.1, -0.05) is 24.6 Å². The van der Waals surface area contributed by atoms with Gasteiger partial charge in [0.25, 0.3) is 0 Å². The molecule has 0 radical (unpaired) electrons. The third-order valence-corrected chi connectivity index (χ3v) is 1.60. The molecule has 70 valence electrons. The van der Waals surface area contributed by atoms with Crippen molar-refractivity contribution in [3.8, 4) is 0 Å². The predicted octanol–water partition coefficient (Wildman–Crippen LogP) is 3.85. The minimum absolute atomic E-state index is 0.0225. The van der Waals surface area contributed by atoms with Crippen molar-refractivity contribution in [1.29, 1.82) is 0 Å². The zero-order valence-electron chi connectivity index (χ0n) is 7.50. The van der Waals surface area contributed by atoms with Crippen LogP contribution in [-0.2, 0) is 0 Å². The number of hydrogen-bond donors (Lipinski definition) is 0. The molecule has 0 nitrogen and oxygen atoms in total. The van der Waals surface area contributed by atoms with Crippen LogP contribution in [0.4, 0.5) is 13.2 Å². The molecule has 0 aliphatic heterocycles. The minimum atomic E-state index is -4.18. The van der Waals surface area contributed by atoms with Crippen molar-refractivity contribution in [2.45, 2.75) is 33.4 Å². The maximum Gasteiger partial charge on any atom is 0.412 e. The van der Waals surface area contributed by atoms with E-state index in [0.29, 0.717) is 5.57 Å². The molecule has 0 amide bonds. The molecule has 0 N–H and O–H groups in total. The highest BCUT2D eigenvalue weighted by molar-refractivity contribution is 5.23. The molecule has 0 fully saturated rings. The Labute approximate surface area is 70.8 Å². The molecule has 0 aromatic carbocycles. The molecule has 0 saturated carbocycles. The Hall–Kier alpha value is -0.730. The average Bonchev–Trinajstić information content (AvgIpc) is 1.97. The molecule has 3 heteroatoms. The minimum Gasteiger partial charge on any atom is -0.166 e. The molecule has 0 aliphatic carbocycles. The van der Waals surface area contributed by atoms with Crippen LogP contribution < -0.4 is 0 Å². The Morgan fingerprint density at radius 1 is 1.33 bits per heavy atom. The SMILES string of the molecule is C/C=C(C)\C=C(/CC)C(F)(F)F. The first-order chi connectivity index (χ1) is 5.41. The highest BCUT2D eigenvalue weighted by Gasteiger charge is 2.31. The van der Waals surface area contributed by atoms with Gasteiger partial charge in [-0.05, 0) is 20.3 Å². The van der Waals surface area contributed by atoms with Crippen molar-refractivity contribution < 1.29 is 13.2 Å². The van der Waals surface area contributed by atoms with E-state index in [9.17, 15) is 13.2 Å². The normalized spacial score (nSPS) is 15.2. The van der Waals surface area contributed by atoms with Gasteiger partial charge in [-0.25, -0.2) is 0 Å². The van der Waals surface area contributed by atoms with E-state index < -0.39 is 11.7 Å². The summed E-state index contributed by atoms with van der Waals surface area (Å²) in [7, 11) is 0. The Bertz CT molecular complexity index is 196. The van der Waals surface area contributed by atoms with E-state index in [2.05, 4.69) is 0 Å². The van der Waals surface area contributed by atoms with Crippen LogP contribution in [0.15, 0.2) is 23.3 Å². The largest absolute Gasteiger partial charge is 0.412 e. The smallest absolute Gasteiger partial charge is 0.166 e. The second kappa shape index (κ2) is 4.33. The number of halogens is 3. The lowest BCUT2D eigenvalue weighted by atomic mass is 10.1. The lowest BCUT2D eigenvalue weighted by Crippen LogP contribution is -2.11. The van der Waals surface area contributed by atoms with Crippen LogP contribution in [0.1, 0.15) is 27.2 Å². The highest BCUT2D eigenvalue weighted by atomic mass is 19.4. The van der Waals surface area contributed by atoms with Crippen molar-refractivity contribution >= 4 is 0 Å². The van der Waals surface area contributed by atoms with Crippen molar-refractivity contribution in [1.82, 2.24) is 0 Å². The van der Waals surface area contributed by atoms with Crippen LogP contribution >= 0.6 is 0 Å². The van der Waals surface area contributed by atoms with Crippen molar-refractivity contribution in [2.24, 2.45) is 0 Å². The third-order valence-electron chi connectivity index (χ3n) is 1.60. The second-order valence-electron chi connectivity index (χ2n) is 2.55. The lowest BCUT2D eigenvalue weighted by Gasteiger charge is -2.09. The van der Waals surface area contributed by atoms with Gasteiger partial charge in [0.05, 0.1) is 0 Å². The van der Waals surface area contributed by atoms with Crippen LogP contribution in [0.5, 0.6) is 0 Å². The van der Waals surface area contributed by atoms with Gasteiger partial charge in [0.15, 0.2) is 0 Å². The number of alkyl halides is 3. The Balaban J connectivity index is 4.68. The van der Waals surface area contributed by atoms with E-state index in [-0.39, 0.29) is 6.42 Å². The number of rotatable bonds is 2. The van der Waals surface area contributed by atoms with Crippen molar-refractivity contribution in [3.63, 3.8) is 0 Å². The molecule has 0 aromatic rings. The number of allylic oxidation sites excluding steroid dienone is 4. The van der Waals surface area contributed by atoms with Gasteiger partial charge in [0, 0.05) is 5.57 Å². The van der Waals surface area contributed by atoms with Gasteiger partial charge < -0.3 is 0 Å². The zero-order chi connectivity index (χ0) is 9.78. The fraction of sp³-hybridized carbons (Fsp3) is 0.556. The van der Waals surface area contributed by atoms with E-state index in [0.717, 1.165) is 0 Å². The maximum atomic E-state index is 12.1. The molecule has 0 heterocycles. The highest BCUT2D eigenvalue weighted by Crippen LogP contribution is 2.28. The molecular formula is C9H13F3. The molecule has 0 atom stereocenters. The van der Waals surface area contributed by atoms with Gasteiger partial charge in [0.1, 0.15) is 0 Å². The molecular weight excluding hydrogens is 165 g/mol. The van der Waals surface area contributed by atoms with E-state index in [1.54, 1.807) is 19.9 Å². The second-order valence-corrected chi connectivity index (χ2v) is 2.55. The molecule has 0 spiro atoms. The first kappa shape index (κ1) is 11.3. The third kappa shape index (κ3) is 3.60. The van der Waals surface area contributed by atoms with Crippen LogP contribution in [-0.4, -0.2) is 6.18 Å². The first-order valence-electron chi connectivity index (χ1n) is 3.82. The molecule has 0 aromatic heterocycles. The maximum absolute atomic E-state index is 12.1. The van der Waals surface area contributed by atoms with Gasteiger partial charge in [-0.3, -0.25) is 0 Å². The van der Waals surface area contributed by atoms with Crippen LogP contribution in [0.25, 0.3) is 0 Å². The summed E-state index contributed by atoms with van der Waals surface area (Å²) in [6, 6.07) is 0. The Morgan fingerprint density at radius 3 is 2.08 bits per heavy atom. The van der Waals surface area contributed by atoms with Crippen LogP contribution in [0.3, 0.4) is 0 Å². The molecule has 0 bridgehead atoms. The van der Waals surface area contributed by atoms with Gasteiger partial charge in [-0.15, -0.1) is 0 Å². The van der Waals surface area contributed by atoms with Crippen molar-refractivity contribution in [3.05, 3.63) is 23.3 Å². The van der Waals surface area contributed by atoms with E-state index >= 15 is 0 Å². The Morgan fingerprint density at radius 2 is 1.83 bits per heavy atom. The average molecular weight is 178 g/mol. The van der Waals surface area contributed by atoms with Gasteiger partial charge in [-0.2, -0.15) is 13.2 Å². The molecule has 0 rings (SSSR count). The standard InChI is InChI=1S/C9H13F3/c1-4-7(3)6-8(5-2)9(10,11)12/h4,6H,5H2,1-3H3/b7-4-,8-6+. The first-order valence-corrected chi connectivity index (χ1v) is 3.82. The summed E-state index contributed by atoms with van der Waals surface area (Å²) in [6.07, 6.45) is -1.32. The van der Waals surface area contributed by atoms with Crippen molar-refractivity contribution in [2.75, 3.05) is 0 Å². The summed E-state index contributed by atoms with van der Waals surface area (Å²) in [5.74, 6) is 0. The predicted molar refractivity (Wildman–Crippen MR) is 43.9 cm³/mol. The molecule has 0 unspecified atom stereocenters. The van der Waals surface area contributed by atoms with Gasteiger partial charge in [0.2, 0.25) is 0 Å². The monoisotopic (exact) mass is 178 g/mol. The number of hydrogen-bond acceptors (Lipinski definition) is 0. The summed E-state index contributed by atoms with van der Waals surface area (Å²) < 4.78 is 36.4. The summed E-state index contributed by atoms with van der Waals surface area (Å²) in [4.78, 5) is 0. The van der Waals surface area contributed by atoms with E-state index in [1.165, 1.54) is 13.0 Å². The summed E-state index contributed by atoms with van der Waals surface area (Å²) in [5.41, 5.74) is 0.169. The summed E-state index contributed by atoms with van der Waals surface area (Å²) >= 11 is 0. The topological polar surface area (TPSA) is 0 Å². The fourth-order valence-corrected chi connectivity index (χ4v) is 0.742. The quantitative estimate of drug-likeness (QED) is 0.563. The van der Waals surface area contributed by atoms with Crippen LogP contribution in [0.2, 0.25) is 0 Å². The fourth-order valence-electron chi connectivity index (χ4n) is 0.742. The van der Waals surface area contributed by atoms with E-state index in [1.807, 2.05) is 0 Å². The lowest BCUT2D eigenvalue weighted by molar-refractivity contribution is -0.0935. The van der Waals surface area contributed by atoms with Gasteiger partial charge >= 0.3 is 6.18 Å². The molecule has 0 saturated heterocycles. The summed E-state index contributed by atoms with van der Waals surface area (Å²) in [6.45, 7) is 4.87. The van der Waals surface area contributed by atoms with E-state index in [4.69, 9.17) is 0 Å². The molecule has 0 aliphatic rings. The summed E-state index contributed by atoms with van der Waals surface area (Å²) in [5, 5.41) is 0. The zero-order valence-corrected chi connectivity index (χ0v) is 7.50. The Kier molecular flexibility index (Phi) is 4.07.